The summed E-state index contributed by atoms with van der Waals surface area (Å²) in [6.07, 6.45) is 11.6. The van der Waals surface area contributed by atoms with Gasteiger partial charge in [-0.05, 0) is 68.7 Å². The molecule has 2 aliphatic carbocycles. The topological polar surface area (TPSA) is 116 Å². The molecule has 3 heterocycles. The first-order valence-electron chi connectivity index (χ1n) is 18.6. The molecule has 0 spiro atoms. The zero-order valence-electron chi connectivity index (χ0n) is 29.0. The van der Waals surface area contributed by atoms with Gasteiger partial charge in [-0.3, -0.25) is 24.2 Å². The van der Waals surface area contributed by atoms with Crippen LogP contribution in [-0.4, -0.2) is 101 Å². The minimum atomic E-state index is -0.729. The van der Waals surface area contributed by atoms with Crippen LogP contribution in [0, 0.1) is 5.92 Å². The van der Waals surface area contributed by atoms with Crippen LogP contribution in [0.5, 0.6) is 0 Å². The van der Waals surface area contributed by atoms with Crippen LogP contribution >= 0.6 is 23.2 Å². The Morgan fingerprint density at radius 3 is 2.31 bits per heavy atom. The molecule has 12 heteroatoms. The predicted molar refractivity (Wildman–Crippen MR) is 198 cm³/mol. The van der Waals surface area contributed by atoms with Crippen molar-refractivity contribution in [2.75, 3.05) is 44.6 Å². The van der Waals surface area contributed by atoms with Gasteiger partial charge in [0.2, 0.25) is 5.91 Å². The Morgan fingerprint density at radius 2 is 1.59 bits per heavy atom. The number of carboxylic acid groups (broad SMARTS) is 1. The average Bonchev–Trinajstić information content (AvgIpc) is 3.79. The first kappa shape index (κ1) is 36.2. The van der Waals surface area contributed by atoms with Crippen molar-refractivity contribution in [2.24, 2.45) is 5.92 Å². The molecule has 2 aliphatic heterocycles. The van der Waals surface area contributed by atoms with E-state index in [4.69, 9.17) is 32.4 Å². The SMILES string of the molecule is O=C(Nc1cc(Cl)c(CC(=O)N2C[C@@H](N3CCN(C4CCCCC4)CC3)C[C@H]2COC2CCC(C(=O)O)CC2)cc1Cl)c1coc2ccccc12. The molecular formula is C39H48Cl2N4O6. The maximum Gasteiger partial charge on any atom is 0.306 e. The number of likely N-dealkylation sites (tertiary alicyclic amines) is 1. The van der Waals surface area contributed by atoms with E-state index in [9.17, 15) is 19.5 Å². The Hall–Kier alpha value is -3.15. The fourth-order valence-electron chi connectivity index (χ4n) is 8.68. The number of anilines is 1. The van der Waals surface area contributed by atoms with Crippen molar-refractivity contribution in [2.45, 2.75) is 94.9 Å². The monoisotopic (exact) mass is 738 g/mol. The number of benzene rings is 2. The van der Waals surface area contributed by atoms with Crippen LogP contribution in [0.25, 0.3) is 11.0 Å². The lowest BCUT2D eigenvalue weighted by atomic mass is 9.87. The van der Waals surface area contributed by atoms with Crippen molar-refractivity contribution in [3.8, 4) is 0 Å². The summed E-state index contributed by atoms with van der Waals surface area (Å²) in [7, 11) is 0. The number of piperazine rings is 1. The van der Waals surface area contributed by atoms with Crippen molar-refractivity contribution in [1.82, 2.24) is 14.7 Å². The number of ether oxygens (including phenoxy) is 1. The number of hydrogen-bond acceptors (Lipinski definition) is 7. The minimum Gasteiger partial charge on any atom is -0.481 e. The largest absolute Gasteiger partial charge is 0.481 e. The molecular weight excluding hydrogens is 691 g/mol. The first-order chi connectivity index (χ1) is 24.7. The van der Waals surface area contributed by atoms with Crippen molar-refractivity contribution in [3.63, 3.8) is 0 Å². The molecule has 51 heavy (non-hydrogen) atoms. The number of halogens is 2. The molecule has 0 unspecified atom stereocenters. The van der Waals surface area contributed by atoms with Gasteiger partial charge in [0.05, 0.1) is 47.4 Å². The standard InChI is InChI=1S/C39H48Cl2N4O6/c40-33-21-35(42-38(47)32-24-51-36-9-5-4-8-31(32)36)34(41)18-26(33)19-37(46)45-22-28(44-16-14-43(15-17-44)27-6-2-1-3-7-27)20-29(45)23-50-30-12-10-25(11-13-30)39(48)49/h4-5,8-9,18,21,24-25,27-30H,1-3,6-7,10-17,19-20,22-23H2,(H,42,47)(H,48,49)/t25?,28-,29-,30?/m0/s1. The van der Waals surface area contributed by atoms with E-state index in [1.165, 1.54) is 38.4 Å². The lowest BCUT2D eigenvalue weighted by molar-refractivity contribution is -0.144. The lowest BCUT2D eigenvalue weighted by Gasteiger charge is -2.42. The van der Waals surface area contributed by atoms with Gasteiger partial charge in [-0.25, -0.2) is 0 Å². The van der Waals surface area contributed by atoms with Gasteiger partial charge >= 0.3 is 5.97 Å². The molecule has 2 aromatic carbocycles. The number of amides is 2. The third-order valence-corrected chi connectivity index (χ3v) is 12.3. The van der Waals surface area contributed by atoms with E-state index in [2.05, 4.69) is 15.1 Å². The summed E-state index contributed by atoms with van der Waals surface area (Å²) in [5, 5.41) is 13.6. The maximum absolute atomic E-state index is 14.1. The minimum absolute atomic E-state index is 0.00619. The van der Waals surface area contributed by atoms with Gasteiger partial charge in [-0.1, -0.05) is 60.7 Å². The van der Waals surface area contributed by atoms with Crippen LogP contribution < -0.4 is 5.32 Å². The molecule has 10 nitrogen and oxygen atoms in total. The zero-order chi connectivity index (χ0) is 35.5. The van der Waals surface area contributed by atoms with Gasteiger partial charge in [-0.15, -0.1) is 0 Å². The highest BCUT2D eigenvalue weighted by molar-refractivity contribution is 6.36. The average molecular weight is 740 g/mol. The van der Waals surface area contributed by atoms with Crippen LogP contribution in [0.2, 0.25) is 10.0 Å². The fourth-order valence-corrected chi connectivity index (χ4v) is 9.15. The van der Waals surface area contributed by atoms with Crippen LogP contribution in [0.3, 0.4) is 0 Å². The second-order valence-electron chi connectivity index (χ2n) is 14.8. The lowest BCUT2D eigenvalue weighted by Crippen LogP contribution is -2.54. The van der Waals surface area contributed by atoms with Crippen molar-refractivity contribution in [1.29, 1.82) is 0 Å². The Morgan fingerprint density at radius 1 is 0.882 bits per heavy atom. The van der Waals surface area contributed by atoms with Crippen LogP contribution in [0.4, 0.5) is 5.69 Å². The third kappa shape index (κ3) is 8.41. The summed E-state index contributed by atoms with van der Waals surface area (Å²) in [6.45, 7) is 5.18. The Balaban J connectivity index is 1.01. The molecule has 4 aliphatic rings. The second kappa shape index (κ2) is 16.3. The molecule has 2 saturated carbocycles. The Bertz CT molecular complexity index is 1710. The number of rotatable bonds is 10. The highest BCUT2D eigenvalue weighted by Gasteiger charge is 2.40. The Kier molecular flexibility index (Phi) is 11.5. The van der Waals surface area contributed by atoms with Crippen molar-refractivity contribution >= 4 is 57.6 Å². The zero-order valence-corrected chi connectivity index (χ0v) is 30.5. The molecule has 2 saturated heterocycles. The van der Waals surface area contributed by atoms with Crippen LogP contribution in [0.1, 0.15) is 80.1 Å². The van der Waals surface area contributed by atoms with Gasteiger partial charge in [0.1, 0.15) is 11.8 Å². The summed E-state index contributed by atoms with van der Waals surface area (Å²) < 4.78 is 11.9. The number of aliphatic carboxylic acids is 1. The molecule has 4 fully saturated rings. The maximum atomic E-state index is 14.1. The summed E-state index contributed by atoms with van der Waals surface area (Å²) in [5.41, 5.74) is 1.94. The van der Waals surface area contributed by atoms with E-state index >= 15 is 0 Å². The fraction of sp³-hybridized carbons (Fsp3) is 0.564. The van der Waals surface area contributed by atoms with E-state index in [1.54, 1.807) is 18.2 Å². The van der Waals surface area contributed by atoms with E-state index in [-0.39, 0.29) is 47.4 Å². The number of fused-ring (bicyclic) bond motifs is 1. The molecule has 1 aromatic heterocycles. The summed E-state index contributed by atoms with van der Waals surface area (Å²) in [5.74, 6) is -1.44. The van der Waals surface area contributed by atoms with Gasteiger partial charge in [-0.2, -0.15) is 0 Å². The number of carbonyl (C=O) groups excluding carboxylic acids is 2. The van der Waals surface area contributed by atoms with Crippen LogP contribution in [0.15, 0.2) is 47.1 Å². The quantitative estimate of drug-likeness (QED) is 0.226. The number of para-hydroxylation sites is 1. The van der Waals surface area contributed by atoms with Crippen molar-refractivity contribution in [3.05, 3.63) is 63.8 Å². The number of furan rings is 1. The van der Waals surface area contributed by atoms with E-state index in [0.717, 1.165) is 45.4 Å². The summed E-state index contributed by atoms with van der Waals surface area (Å²) >= 11 is 13.4. The van der Waals surface area contributed by atoms with Gasteiger partial charge in [0, 0.05) is 55.2 Å². The molecule has 2 N–H and O–H groups in total. The van der Waals surface area contributed by atoms with Crippen LogP contribution in [-0.2, 0) is 20.7 Å². The smallest absolute Gasteiger partial charge is 0.306 e. The summed E-state index contributed by atoms with van der Waals surface area (Å²) in [6, 6.07) is 11.4. The molecule has 3 aromatic rings. The van der Waals surface area contributed by atoms with E-state index in [0.29, 0.717) is 64.8 Å². The molecule has 2 atom stereocenters. The number of hydrogen-bond donors (Lipinski definition) is 2. The molecule has 0 radical (unpaired) electrons. The predicted octanol–water partition coefficient (Wildman–Crippen LogP) is 7.11. The number of nitrogens with one attached hydrogen (secondary N) is 1. The Labute approximate surface area is 309 Å². The van der Waals surface area contributed by atoms with E-state index < -0.39 is 5.97 Å². The molecule has 7 rings (SSSR count). The molecule has 2 amide bonds. The molecule has 274 valence electrons. The second-order valence-corrected chi connectivity index (χ2v) is 15.6. The van der Waals surface area contributed by atoms with E-state index in [1.807, 2.05) is 23.1 Å². The van der Waals surface area contributed by atoms with Gasteiger partial charge < -0.3 is 24.5 Å². The van der Waals surface area contributed by atoms with Crippen molar-refractivity contribution < 1.29 is 28.6 Å². The highest BCUT2D eigenvalue weighted by Crippen LogP contribution is 2.34. The normalized spacial score (nSPS) is 25.3. The number of carbonyl (C=O) groups is 3. The van der Waals surface area contributed by atoms with Gasteiger partial charge in [0.15, 0.2) is 0 Å². The third-order valence-electron chi connectivity index (χ3n) is 11.7. The number of nitrogens with zero attached hydrogens (tertiary/aromatic N) is 3. The highest BCUT2D eigenvalue weighted by atomic mass is 35.5. The number of carboxylic acids is 1. The first-order valence-corrected chi connectivity index (χ1v) is 19.4. The molecule has 0 bridgehead atoms. The summed E-state index contributed by atoms with van der Waals surface area (Å²) in [4.78, 5) is 45.9. The van der Waals surface area contributed by atoms with Gasteiger partial charge in [0.25, 0.3) is 5.91 Å².